The van der Waals surface area contributed by atoms with Gasteiger partial charge in [-0.3, -0.25) is 0 Å². The van der Waals surface area contributed by atoms with Gasteiger partial charge in [0.15, 0.2) is 0 Å². The number of hydrogen-bond donors (Lipinski definition) is 1. The summed E-state index contributed by atoms with van der Waals surface area (Å²) < 4.78 is 26.9. The fourth-order valence-corrected chi connectivity index (χ4v) is 3.69. The maximum absolute atomic E-state index is 13.4. The van der Waals surface area contributed by atoms with Gasteiger partial charge in [0.1, 0.15) is 11.6 Å². The van der Waals surface area contributed by atoms with Gasteiger partial charge in [-0.25, -0.2) is 8.78 Å². The summed E-state index contributed by atoms with van der Waals surface area (Å²) in [7, 11) is 0. The zero-order chi connectivity index (χ0) is 14.8. The molecule has 1 N–H and O–H groups in total. The molecule has 0 aromatic heterocycles. The molecule has 0 saturated carbocycles. The van der Waals surface area contributed by atoms with Crippen LogP contribution in [0.5, 0.6) is 0 Å². The van der Waals surface area contributed by atoms with E-state index in [1.165, 1.54) is 12.1 Å². The number of halogens is 3. The number of nitrogens with one attached hydrogen (secondary N) is 1. The molecule has 1 aliphatic rings. The van der Waals surface area contributed by atoms with Gasteiger partial charge in [0.25, 0.3) is 0 Å². The second kappa shape index (κ2) is 6.34. The van der Waals surface area contributed by atoms with Crippen molar-refractivity contribution < 1.29 is 8.78 Å². The van der Waals surface area contributed by atoms with Crippen molar-refractivity contribution in [1.29, 1.82) is 0 Å². The number of thioether (sulfide) groups is 1. The van der Waals surface area contributed by atoms with Crippen LogP contribution in [0.3, 0.4) is 0 Å². The SMILES string of the molecule is Fc1ccc2c(c1)C(NCc1ccc(Cl)c(F)c1)CCS2. The fourth-order valence-electron chi connectivity index (χ4n) is 2.47. The Morgan fingerprint density at radius 2 is 2.05 bits per heavy atom. The summed E-state index contributed by atoms with van der Waals surface area (Å²) in [5, 5.41) is 3.50. The van der Waals surface area contributed by atoms with Gasteiger partial charge in [-0.2, -0.15) is 0 Å². The first kappa shape index (κ1) is 14.8. The summed E-state index contributed by atoms with van der Waals surface area (Å²) >= 11 is 7.42. The van der Waals surface area contributed by atoms with E-state index in [0.717, 1.165) is 28.2 Å². The van der Waals surface area contributed by atoms with E-state index in [1.807, 2.05) is 6.07 Å². The first-order valence-corrected chi connectivity index (χ1v) is 8.09. The molecule has 110 valence electrons. The quantitative estimate of drug-likeness (QED) is 0.857. The van der Waals surface area contributed by atoms with E-state index in [1.54, 1.807) is 30.0 Å². The summed E-state index contributed by atoms with van der Waals surface area (Å²) in [6.07, 6.45) is 0.928. The summed E-state index contributed by atoms with van der Waals surface area (Å²) in [4.78, 5) is 1.11. The maximum atomic E-state index is 13.4. The van der Waals surface area contributed by atoms with Gasteiger partial charge in [0.05, 0.1) is 5.02 Å². The van der Waals surface area contributed by atoms with E-state index in [-0.39, 0.29) is 16.9 Å². The van der Waals surface area contributed by atoms with Crippen molar-refractivity contribution in [2.45, 2.75) is 23.9 Å². The molecule has 2 aromatic carbocycles. The Morgan fingerprint density at radius 3 is 2.86 bits per heavy atom. The minimum absolute atomic E-state index is 0.0932. The summed E-state index contributed by atoms with van der Waals surface area (Å²) in [5.74, 6) is 0.354. The fraction of sp³-hybridized carbons (Fsp3) is 0.250. The molecule has 0 aliphatic carbocycles. The van der Waals surface area contributed by atoms with Crippen LogP contribution in [0.25, 0.3) is 0 Å². The predicted octanol–water partition coefficient (Wildman–Crippen LogP) is 4.94. The summed E-state index contributed by atoms with van der Waals surface area (Å²) in [6.45, 7) is 0.527. The van der Waals surface area contributed by atoms with Crippen molar-refractivity contribution in [3.8, 4) is 0 Å². The summed E-state index contributed by atoms with van der Waals surface area (Å²) in [6, 6.07) is 9.77. The standard InChI is InChI=1S/C16H14ClF2NS/c17-13-3-1-10(7-14(13)19)9-20-15-5-6-21-16-4-2-11(18)8-12(15)16/h1-4,7-8,15,20H,5-6,9H2. The van der Waals surface area contributed by atoms with E-state index < -0.39 is 5.82 Å². The minimum atomic E-state index is -0.415. The van der Waals surface area contributed by atoms with Crippen LogP contribution in [-0.4, -0.2) is 5.75 Å². The first-order chi connectivity index (χ1) is 10.1. The van der Waals surface area contributed by atoms with Crippen LogP contribution in [-0.2, 0) is 6.54 Å². The third-order valence-electron chi connectivity index (χ3n) is 3.55. The Kier molecular flexibility index (Phi) is 4.48. The second-order valence-electron chi connectivity index (χ2n) is 5.00. The first-order valence-electron chi connectivity index (χ1n) is 6.73. The Hall–Kier alpha value is -1.10. The normalized spacial score (nSPS) is 17.6. The van der Waals surface area contributed by atoms with E-state index in [0.29, 0.717) is 6.54 Å². The smallest absolute Gasteiger partial charge is 0.142 e. The molecule has 0 bridgehead atoms. The molecule has 0 saturated heterocycles. The van der Waals surface area contributed by atoms with Gasteiger partial charge in [-0.05, 0) is 53.6 Å². The van der Waals surface area contributed by atoms with E-state index in [9.17, 15) is 8.78 Å². The Balaban J connectivity index is 1.74. The van der Waals surface area contributed by atoms with Crippen LogP contribution >= 0.6 is 23.4 Å². The van der Waals surface area contributed by atoms with Crippen molar-refractivity contribution in [2.24, 2.45) is 0 Å². The number of rotatable bonds is 3. The number of hydrogen-bond acceptors (Lipinski definition) is 2. The highest BCUT2D eigenvalue weighted by atomic mass is 35.5. The predicted molar refractivity (Wildman–Crippen MR) is 82.7 cm³/mol. The average molecular weight is 326 g/mol. The van der Waals surface area contributed by atoms with Crippen LogP contribution in [0.2, 0.25) is 5.02 Å². The zero-order valence-corrected chi connectivity index (χ0v) is 12.8. The topological polar surface area (TPSA) is 12.0 Å². The van der Waals surface area contributed by atoms with Crippen molar-refractivity contribution in [1.82, 2.24) is 5.32 Å². The van der Waals surface area contributed by atoms with Crippen LogP contribution < -0.4 is 5.32 Å². The maximum Gasteiger partial charge on any atom is 0.142 e. The van der Waals surface area contributed by atoms with Gasteiger partial charge in [0, 0.05) is 17.5 Å². The van der Waals surface area contributed by atoms with Crippen LogP contribution in [0.15, 0.2) is 41.3 Å². The lowest BCUT2D eigenvalue weighted by Gasteiger charge is -2.26. The molecule has 1 heterocycles. The molecule has 1 aliphatic heterocycles. The Labute approximate surface area is 131 Å². The molecule has 0 radical (unpaired) electrons. The third-order valence-corrected chi connectivity index (χ3v) is 4.98. The molecular formula is C16H14ClF2NS. The molecule has 1 atom stereocenters. The monoisotopic (exact) mass is 325 g/mol. The average Bonchev–Trinajstić information content (AvgIpc) is 2.48. The largest absolute Gasteiger partial charge is 0.306 e. The summed E-state index contributed by atoms with van der Waals surface area (Å²) in [5.41, 5.74) is 1.81. The Morgan fingerprint density at radius 1 is 1.19 bits per heavy atom. The van der Waals surface area contributed by atoms with Gasteiger partial charge >= 0.3 is 0 Å². The lowest BCUT2D eigenvalue weighted by molar-refractivity contribution is 0.503. The molecule has 21 heavy (non-hydrogen) atoms. The van der Waals surface area contributed by atoms with Gasteiger partial charge in [-0.15, -0.1) is 11.8 Å². The zero-order valence-electron chi connectivity index (χ0n) is 11.2. The molecule has 2 aromatic rings. The van der Waals surface area contributed by atoms with E-state index in [2.05, 4.69) is 5.32 Å². The van der Waals surface area contributed by atoms with E-state index in [4.69, 9.17) is 11.6 Å². The molecule has 0 fully saturated rings. The third kappa shape index (κ3) is 3.39. The molecule has 1 unspecified atom stereocenters. The Bertz CT molecular complexity index is 663. The molecule has 3 rings (SSSR count). The van der Waals surface area contributed by atoms with Crippen LogP contribution in [0.4, 0.5) is 8.78 Å². The van der Waals surface area contributed by atoms with Gasteiger partial charge in [0.2, 0.25) is 0 Å². The number of fused-ring (bicyclic) bond motifs is 1. The molecule has 0 amide bonds. The highest BCUT2D eigenvalue weighted by Crippen LogP contribution is 2.36. The lowest BCUT2D eigenvalue weighted by Crippen LogP contribution is -2.24. The number of benzene rings is 2. The minimum Gasteiger partial charge on any atom is -0.306 e. The molecule has 1 nitrogen and oxygen atoms in total. The van der Waals surface area contributed by atoms with Crippen molar-refractivity contribution in [2.75, 3.05) is 5.75 Å². The highest BCUT2D eigenvalue weighted by molar-refractivity contribution is 7.99. The van der Waals surface area contributed by atoms with Crippen LogP contribution in [0, 0.1) is 11.6 Å². The van der Waals surface area contributed by atoms with Crippen LogP contribution in [0.1, 0.15) is 23.6 Å². The molecular weight excluding hydrogens is 312 g/mol. The van der Waals surface area contributed by atoms with Crippen molar-refractivity contribution in [3.05, 3.63) is 64.2 Å². The molecule has 5 heteroatoms. The van der Waals surface area contributed by atoms with Crippen molar-refractivity contribution >= 4 is 23.4 Å². The lowest BCUT2D eigenvalue weighted by atomic mass is 10.0. The molecule has 0 spiro atoms. The van der Waals surface area contributed by atoms with Gasteiger partial charge < -0.3 is 5.32 Å². The second-order valence-corrected chi connectivity index (χ2v) is 6.55. The van der Waals surface area contributed by atoms with Crippen molar-refractivity contribution in [3.63, 3.8) is 0 Å². The highest BCUT2D eigenvalue weighted by Gasteiger charge is 2.20. The van der Waals surface area contributed by atoms with E-state index >= 15 is 0 Å². The van der Waals surface area contributed by atoms with Gasteiger partial charge in [-0.1, -0.05) is 17.7 Å².